The molecule has 2 aromatic rings. The number of nitrogens with one attached hydrogen (secondary N) is 1. The van der Waals surface area contributed by atoms with E-state index in [4.69, 9.17) is 4.74 Å². The van der Waals surface area contributed by atoms with Crippen LogP contribution >= 0.6 is 11.3 Å². The van der Waals surface area contributed by atoms with Crippen molar-refractivity contribution in [3.63, 3.8) is 0 Å². The number of aromatic nitrogens is 1. The highest BCUT2D eigenvalue weighted by Crippen LogP contribution is 2.09. The molecular formula is C19H20N4O4S. The highest BCUT2D eigenvalue weighted by molar-refractivity contribution is 7.10. The van der Waals surface area contributed by atoms with Crippen LogP contribution < -0.4 is 5.32 Å². The molecule has 2 heterocycles. The summed E-state index contributed by atoms with van der Waals surface area (Å²) in [5.41, 5.74) is 0.726. The summed E-state index contributed by atoms with van der Waals surface area (Å²) in [5, 5.41) is 5.31. The van der Waals surface area contributed by atoms with E-state index in [-0.39, 0.29) is 18.5 Å². The summed E-state index contributed by atoms with van der Waals surface area (Å²) in [4.78, 5) is 43.4. The fourth-order valence-electron chi connectivity index (χ4n) is 2.61. The molecule has 1 fully saturated rings. The number of hydrogen-bond acceptors (Lipinski definition) is 6. The highest BCUT2D eigenvalue weighted by Gasteiger charge is 2.24. The third-order valence-electron chi connectivity index (χ3n) is 4.10. The molecule has 1 aromatic carbocycles. The van der Waals surface area contributed by atoms with Gasteiger partial charge in [-0.05, 0) is 18.2 Å². The SMILES string of the molecule is O=C(C=Cc1nccs1)OCC(=O)N1CCN(C(=O)Nc2ccccc2)CC1. The molecule has 146 valence electrons. The highest BCUT2D eigenvalue weighted by atomic mass is 32.1. The second-order valence-corrected chi connectivity index (χ2v) is 6.90. The topological polar surface area (TPSA) is 91.8 Å². The van der Waals surface area contributed by atoms with Gasteiger partial charge in [-0.3, -0.25) is 4.79 Å². The van der Waals surface area contributed by atoms with Crippen molar-refractivity contribution in [1.29, 1.82) is 0 Å². The average Bonchev–Trinajstić information content (AvgIpc) is 3.25. The van der Waals surface area contributed by atoms with E-state index < -0.39 is 5.97 Å². The summed E-state index contributed by atoms with van der Waals surface area (Å²) in [5.74, 6) is -0.872. The van der Waals surface area contributed by atoms with Gasteiger partial charge in [-0.1, -0.05) is 18.2 Å². The number of urea groups is 1. The van der Waals surface area contributed by atoms with Crippen LogP contribution in [0.4, 0.5) is 10.5 Å². The van der Waals surface area contributed by atoms with Gasteiger partial charge in [0.25, 0.3) is 5.91 Å². The van der Waals surface area contributed by atoms with Crippen molar-refractivity contribution in [3.8, 4) is 0 Å². The van der Waals surface area contributed by atoms with Crippen molar-refractivity contribution in [2.45, 2.75) is 0 Å². The lowest BCUT2D eigenvalue weighted by atomic mass is 10.3. The van der Waals surface area contributed by atoms with Gasteiger partial charge in [-0.15, -0.1) is 11.3 Å². The third-order valence-corrected chi connectivity index (χ3v) is 4.84. The van der Waals surface area contributed by atoms with E-state index in [1.807, 2.05) is 30.3 Å². The molecule has 0 aliphatic carbocycles. The van der Waals surface area contributed by atoms with Crippen LogP contribution in [0.5, 0.6) is 0 Å². The maximum atomic E-state index is 12.3. The molecule has 1 N–H and O–H groups in total. The molecule has 0 radical (unpaired) electrons. The van der Waals surface area contributed by atoms with E-state index in [0.29, 0.717) is 31.2 Å². The zero-order valence-corrected chi connectivity index (χ0v) is 15.9. The molecule has 1 aliphatic heterocycles. The van der Waals surface area contributed by atoms with E-state index in [0.717, 1.165) is 5.69 Å². The minimum absolute atomic E-state index is 0.197. The predicted molar refractivity (Wildman–Crippen MR) is 106 cm³/mol. The number of ether oxygens (including phenoxy) is 1. The van der Waals surface area contributed by atoms with Crippen LogP contribution in [0, 0.1) is 0 Å². The Morgan fingerprint density at radius 1 is 1.11 bits per heavy atom. The Balaban J connectivity index is 1.38. The van der Waals surface area contributed by atoms with Crippen LogP contribution in [0.3, 0.4) is 0 Å². The monoisotopic (exact) mass is 400 g/mol. The summed E-state index contributed by atoms with van der Waals surface area (Å²) in [6, 6.07) is 9.00. The summed E-state index contributed by atoms with van der Waals surface area (Å²) >= 11 is 1.40. The van der Waals surface area contributed by atoms with Crippen molar-refractivity contribution in [2.75, 3.05) is 38.1 Å². The van der Waals surface area contributed by atoms with E-state index in [1.165, 1.54) is 17.4 Å². The number of esters is 1. The first-order chi connectivity index (χ1) is 13.6. The minimum atomic E-state index is -0.593. The van der Waals surface area contributed by atoms with E-state index in [1.54, 1.807) is 27.5 Å². The van der Waals surface area contributed by atoms with E-state index in [9.17, 15) is 14.4 Å². The molecule has 1 aromatic heterocycles. The Kier molecular flexibility index (Phi) is 6.74. The van der Waals surface area contributed by atoms with E-state index >= 15 is 0 Å². The maximum absolute atomic E-state index is 12.3. The molecular weight excluding hydrogens is 380 g/mol. The van der Waals surface area contributed by atoms with Gasteiger partial charge in [0.1, 0.15) is 5.01 Å². The number of carbonyl (C=O) groups excluding carboxylic acids is 3. The molecule has 3 amide bonds. The van der Waals surface area contributed by atoms with Gasteiger partial charge in [0.05, 0.1) is 0 Å². The van der Waals surface area contributed by atoms with Gasteiger partial charge in [-0.25, -0.2) is 14.6 Å². The molecule has 9 heteroatoms. The first-order valence-corrected chi connectivity index (χ1v) is 9.63. The Labute approximate surface area is 166 Å². The van der Waals surface area contributed by atoms with Crippen LogP contribution in [0.25, 0.3) is 6.08 Å². The number of benzene rings is 1. The lowest BCUT2D eigenvalue weighted by Crippen LogP contribution is -2.52. The molecule has 0 spiro atoms. The Morgan fingerprint density at radius 2 is 1.82 bits per heavy atom. The third kappa shape index (κ3) is 5.65. The van der Waals surface area contributed by atoms with Crippen molar-refractivity contribution in [3.05, 3.63) is 53.0 Å². The minimum Gasteiger partial charge on any atom is -0.452 e. The van der Waals surface area contributed by atoms with Gasteiger partial charge in [-0.2, -0.15) is 0 Å². The van der Waals surface area contributed by atoms with Crippen LogP contribution in [-0.2, 0) is 14.3 Å². The van der Waals surface area contributed by atoms with Crippen LogP contribution in [-0.4, -0.2) is 65.5 Å². The van der Waals surface area contributed by atoms with Crippen molar-refractivity contribution < 1.29 is 19.1 Å². The van der Waals surface area contributed by atoms with Crippen LogP contribution in [0.2, 0.25) is 0 Å². The first-order valence-electron chi connectivity index (χ1n) is 8.75. The van der Waals surface area contributed by atoms with Gasteiger partial charge in [0.15, 0.2) is 6.61 Å². The number of carbonyl (C=O) groups is 3. The number of para-hydroxylation sites is 1. The van der Waals surface area contributed by atoms with Gasteiger partial charge >= 0.3 is 12.0 Å². The molecule has 3 rings (SSSR count). The number of piperazine rings is 1. The second kappa shape index (κ2) is 9.65. The fraction of sp³-hybridized carbons (Fsp3) is 0.263. The smallest absolute Gasteiger partial charge is 0.331 e. The number of nitrogens with zero attached hydrogens (tertiary/aromatic N) is 3. The quantitative estimate of drug-likeness (QED) is 0.613. The number of anilines is 1. The van der Waals surface area contributed by atoms with Crippen molar-refractivity contribution in [1.82, 2.24) is 14.8 Å². The van der Waals surface area contributed by atoms with Crippen molar-refractivity contribution in [2.24, 2.45) is 0 Å². The summed E-state index contributed by atoms with van der Waals surface area (Å²) in [6.45, 7) is 1.31. The summed E-state index contributed by atoms with van der Waals surface area (Å²) in [6.07, 6.45) is 4.43. The Morgan fingerprint density at radius 3 is 2.50 bits per heavy atom. The average molecular weight is 400 g/mol. The normalized spacial score (nSPS) is 14.1. The second-order valence-electron chi connectivity index (χ2n) is 5.98. The maximum Gasteiger partial charge on any atom is 0.331 e. The molecule has 1 aliphatic rings. The van der Waals surface area contributed by atoms with Crippen molar-refractivity contribution >= 4 is 41.0 Å². The van der Waals surface area contributed by atoms with E-state index in [2.05, 4.69) is 10.3 Å². The lowest BCUT2D eigenvalue weighted by Gasteiger charge is -2.34. The van der Waals surface area contributed by atoms with Crippen LogP contribution in [0.15, 0.2) is 48.0 Å². The van der Waals surface area contributed by atoms with Gasteiger partial charge in [0.2, 0.25) is 0 Å². The standard InChI is InChI=1S/C19H20N4O4S/c24-17(14-27-18(25)7-6-16-20-8-13-28-16)22-9-11-23(12-10-22)19(26)21-15-4-2-1-3-5-15/h1-8,13H,9-12,14H2,(H,21,26). The number of amides is 3. The largest absolute Gasteiger partial charge is 0.452 e. The Bertz CT molecular complexity index is 831. The molecule has 0 bridgehead atoms. The molecule has 28 heavy (non-hydrogen) atoms. The number of hydrogen-bond donors (Lipinski definition) is 1. The predicted octanol–water partition coefficient (Wildman–Crippen LogP) is 2.08. The molecule has 8 nitrogen and oxygen atoms in total. The zero-order chi connectivity index (χ0) is 19.8. The van der Waals surface area contributed by atoms with Crippen LogP contribution in [0.1, 0.15) is 5.01 Å². The molecule has 1 saturated heterocycles. The fourth-order valence-corrected chi connectivity index (χ4v) is 3.14. The molecule has 0 saturated carbocycles. The zero-order valence-electron chi connectivity index (χ0n) is 15.1. The Hall–Kier alpha value is -3.20. The summed E-state index contributed by atoms with van der Waals surface area (Å²) < 4.78 is 4.98. The lowest BCUT2D eigenvalue weighted by molar-refractivity contribution is -0.148. The van der Waals surface area contributed by atoms with Gasteiger partial charge in [0, 0.05) is 49.5 Å². The summed E-state index contributed by atoms with van der Waals surface area (Å²) in [7, 11) is 0. The first kappa shape index (κ1) is 19.6. The molecule has 0 atom stereocenters. The number of rotatable bonds is 5. The number of thiazole rings is 1. The molecule has 0 unspecified atom stereocenters. The van der Waals surface area contributed by atoms with Gasteiger partial charge < -0.3 is 19.9 Å².